The fraction of sp³-hybridized carbons (Fsp3) is 0.0667. The van der Waals surface area contributed by atoms with Crippen LogP contribution in [0.1, 0.15) is 5.76 Å². The van der Waals surface area contributed by atoms with Gasteiger partial charge in [-0.3, -0.25) is 0 Å². The van der Waals surface area contributed by atoms with Crippen molar-refractivity contribution in [3.63, 3.8) is 0 Å². The van der Waals surface area contributed by atoms with Crippen molar-refractivity contribution in [2.45, 2.75) is 6.54 Å². The Labute approximate surface area is 114 Å². The molecule has 0 spiro atoms. The van der Waals surface area contributed by atoms with Crippen LogP contribution in [0.25, 0.3) is 22.1 Å². The number of nitrogens with two attached hydrogens (primary N) is 1. The second-order valence-corrected chi connectivity index (χ2v) is 4.71. The molecule has 1 aromatic heterocycles. The number of halogens is 2. The van der Waals surface area contributed by atoms with Crippen LogP contribution in [0.15, 0.2) is 46.9 Å². The van der Waals surface area contributed by atoms with Crippen LogP contribution in [0.4, 0.5) is 4.39 Å². The molecule has 3 aromatic rings. The molecule has 0 aliphatic carbocycles. The van der Waals surface area contributed by atoms with Crippen molar-refractivity contribution >= 4 is 22.6 Å². The maximum Gasteiger partial charge on any atom is 0.152 e. The summed E-state index contributed by atoms with van der Waals surface area (Å²) in [5.74, 6) is 0.429. The molecule has 2 N–H and O–H groups in total. The lowest BCUT2D eigenvalue weighted by molar-refractivity contribution is 0.552. The molecule has 2 nitrogen and oxygen atoms in total. The summed E-state index contributed by atoms with van der Waals surface area (Å²) in [6, 6.07) is 11.9. The Kier molecular flexibility index (Phi) is 3.01. The van der Waals surface area contributed by atoms with Gasteiger partial charge in [0.15, 0.2) is 5.58 Å². The third-order valence-electron chi connectivity index (χ3n) is 3.00. The molecule has 96 valence electrons. The second kappa shape index (κ2) is 4.68. The van der Waals surface area contributed by atoms with E-state index in [0.29, 0.717) is 22.9 Å². The summed E-state index contributed by atoms with van der Waals surface area (Å²) in [5, 5.41) is 1.42. The number of benzene rings is 2. The summed E-state index contributed by atoms with van der Waals surface area (Å²) in [6.07, 6.45) is 0. The Bertz CT molecular complexity index is 734. The van der Waals surface area contributed by atoms with Crippen LogP contribution in [-0.4, -0.2) is 0 Å². The zero-order valence-electron chi connectivity index (χ0n) is 9.99. The highest BCUT2D eigenvalue weighted by Crippen LogP contribution is 2.32. The lowest BCUT2D eigenvalue weighted by Crippen LogP contribution is -1.92. The highest BCUT2D eigenvalue weighted by molar-refractivity contribution is 6.35. The van der Waals surface area contributed by atoms with Crippen molar-refractivity contribution < 1.29 is 8.81 Å². The molecule has 2 aromatic carbocycles. The SMILES string of the molecule is NCc1cc2cc(-c3ccc(F)cc3)cc(Cl)c2o1. The van der Waals surface area contributed by atoms with Gasteiger partial charge in [-0.15, -0.1) is 0 Å². The maximum atomic E-state index is 12.9. The Hall–Kier alpha value is -1.84. The van der Waals surface area contributed by atoms with Gasteiger partial charge in [0.1, 0.15) is 11.6 Å². The summed E-state index contributed by atoms with van der Waals surface area (Å²) in [4.78, 5) is 0. The molecule has 0 aliphatic rings. The van der Waals surface area contributed by atoms with E-state index >= 15 is 0 Å². The van der Waals surface area contributed by atoms with E-state index in [4.69, 9.17) is 21.8 Å². The molecule has 0 bridgehead atoms. The van der Waals surface area contributed by atoms with Crippen LogP contribution in [0.2, 0.25) is 5.02 Å². The molecule has 0 saturated carbocycles. The van der Waals surface area contributed by atoms with Crippen LogP contribution in [0, 0.1) is 5.82 Å². The van der Waals surface area contributed by atoms with Gasteiger partial charge in [-0.05, 0) is 41.5 Å². The van der Waals surface area contributed by atoms with Crippen molar-refractivity contribution in [1.82, 2.24) is 0 Å². The van der Waals surface area contributed by atoms with Gasteiger partial charge in [0.2, 0.25) is 0 Å². The van der Waals surface area contributed by atoms with Crippen molar-refractivity contribution in [2.75, 3.05) is 0 Å². The molecule has 0 amide bonds. The third kappa shape index (κ3) is 2.23. The van der Waals surface area contributed by atoms with E-state index in [-0.39, 0.29) is 5.82 Å². The summed E-state index contributed by atoms with van der Waals surface area (Å²) >= 11 is 6.21. The van der Waals surface area contributed by atoms with Crippen LogP contribution in [0.3, 0.4) is 0 Å². The first-order chi connectivity index (χ1) is 9.17. The fourth-order valence-electron chi connectivity index (χ4n) is 2.07. The van der Waals surface area contributed by atoms with E-state index in [1.807, 2.05) is 12.1 Å². The number of rotatable bonds is 2. The largest absolute Gasteiger partial charge is 0.458 e. The van der Waals surface area contributed by atoms with E-state index in [1.54, 1.807) is 18.2 Å². The first kappa shape index (κ1) is 12.2. The molecule has 0 saturated heterocycles. The highest BCUT2D eigenvalue weighted by Gasteiger charge is 2.09. The van der Waals surface area contributed by atoms with Gasteiger partial charge in [-0.1, -0.05) is 23.7 Å². The van der Waals surface area contributed by atoms with Gasteiger partial charge in [0, 0.05) is 5.39 Å². The van der Waals surface area contributed by atoms with Crippen LogP contribution in [0.5, 0.6) is 0 Å². The Morgan fingerprint density at radius 3 is 2.47 bits per heavy atom. The van der Waals surface area contributed by atoms with Crippen molar-refractivity contribution in [3.05, 3.63) is 59.1 Å². The van der Waals surface area contributed by atoms with Crippen molar-refractivity contribution in [1.29, 1.82) is 0 Å². The molecule has 0 aliphatic heterocycles. The molecule has 19 heavy (non-hydrogen) atoms. The molecule has 0 radical (unpaired) electrons. The first-order valence-corrected chi connectivity index (χ1v) is 6.23. The zero-order valence-corrected chi connectivity index (χ0v) is 10.7. The summed E-state index contributed by atoms with van der Waals surface area (Å²) < 4.78 is 18.5. The summed E-state index contributed by atoms with van der Waals surface area (Å²) in [6.45, 7) is 0.330. The van der Waals surface area contributed by atoms with E-state index < -0.39 is 0 Å². The van der Waals surface area contributed by atoms with Gasteiger partial charge < -0.3 is 10.2 Å². The monoisotopic (exact) mass is 275 g/mol. The average Bonchev–Trinajstić information content (AvgIpc) is 2.83. The molecule has 3 rings (SSSR count). The van der Waals surface area contributed by atoms with Gasteiger partial charge in [-0.25, -0.2) is 4.39 Å². The van der Waals surface area contributed by atoms with Gasteiger partial charge in [0.25, 0.3) is 0 Å². The number of fused-ring (bicyclic) bond motifs is 1. The average molecular weight is 276 g/mol. The number of hydrogen-bond donors (Lipinski definition) is 1. The van der Waals surface area contributed by atoms with E-state index in [2.05, 4.69) is 0 Å². The van der Waals surface area contributed by atoms with E-state index in [0.717, 1.165) is 16.5 Å². The topological polar surface area (TPSA) is 39.2 Å². The van der Waals surface area contributed by atoms with Crippen LogP contribution < -0.4 is 5.73 Å². The minimum atomic E-state index is -0.260. The molecule has 0 atom stereocenters. The molecule has 0 fully saturated rings. The standard InChI is InChI=1S/C15H11ClFNO/c16-14-7-10(9-1-3-12(17)4-2-9)5-11-6-13(8-18)19-15(11)14/h1-7H,8,18H2. The highest BCUT2D eigenvalue weighted by atomic mass is 35.5. The maximum absolute atomic E-state index is 12.9. The smallest absolute Gasteiger partial charge is 0.152 e. The van der Waals surface area contributed by atoms with Crippen LogP contribution in [-0.2, 0) is 6.54 Å². The third-order valence-corrected chi connectivity index (χ3v) is 3.28. The lowest BCUT2D eigenvalue weighted by Gasteiger charge is -2.03. The minimum absolute atomic E-state index is 0.260. The molecular formula is C15H11ClFNO. The van der Waals surface area contributed by atoms with Crippen molar-refractivity contribution in [3.8, 4) is 11.1 Å². The fourth-order valence-corrected chi connectivity index (χ4v) is 2.34. The van der Waals surface area contributed by atoms with Crippen LogP contribution >= 0.6 is 11.6 Å². The van der Waals surface area contributed by atoms with Gasteiger partial charge >= 0.3 is 0 Å². The molecule has 0 unspecified atom stereocenters. The Morgan fingerprint density at radius 1 is 1.05 bits per heavy atom. The molecular weight excluding hydrogens is 265 g/mol. The Balaban J connectivity index is 2.17. The van der Waals surface area contributed by atoms with E-state index in [1.165, 1.54) is 12.1 Å². The molecule has 1 heterocycles. The summed E-state index contributed by atoms with van der Waals surface area (Å²) in [5.41, 5.74) is 8.01. The van der Waals surface area contributed by atoms with E-state index in [9.17, 15) is 4.39 Å². The predicted octanol–water partition coefficient (Wildman–Crippen LogP) is 4.35. The second-order valence-electron chi connectivity index (χ2n) is 4.30. The minimum Gasteiger partial charge on any atom is -0.458 e. The predicted molar refractivity (Wildman–Crippen MR) is 74.5 cm³/mol. The zero-order chi connectivity index (χ0) is 13.4. The van der Waals surface area contributed by atoms with Gasteiger partial charge in [-0.2, -0.15) is 0 Å². The Morgan fingerprint density at radius 2 is 1.79 bits per heavy atom. The normalized spacial score (nSPS) is 11.1. The summed E-state index contributed by atoms with van der Waals surface area (Å²) in [7, 11) is 0. The number of furan rings is 1. The lowest BCUT2D eigenvalue weighted by atomic mass is 10.0. The number of hydrogen-bond acceptors (Lipinski definition) is 2. The first-order valence-electron chi connectivity index (χ1n) is 5.85. The van der Waals surface area contributed by atoms with Crippen molar-refractivity contribution in [2.24, 2.45) is 5.73 Å². The quantitative estimate of drug-likeness (QED) is 0.755. The molecule has 4 heteroatoms. The van der Waals surface area contributed by atoms with Gasteiger partial charge in [0.05, 0.1) is 11.6 Å².